The lowest BCUT2D eigenvalue weighted by molar-refractivity contribution is -0.146. The number of ether oxygens (including phenoxy) is 2. The highest BCUT2D eigenvalue weighted by atomic mass is 16.5. The number of hydrogen-bond acceptors (Lipinski definition) is 4. The van der Waals surface area contributed by atoms with Crippen LogP contribution < -0.4 is 14.8 Å². The van der Waals surface area contributed by atoms with E-state index in [0.717, 1.165) is 11.1 Å². The molecule has 1 aliphatic heterocycles. The standard InChI is InChI=1S/C23H28N2O4/c1-23(2,3)21(22(27)24-13-16-9-6-5-7-10-16)25-14-17-18(28-4)11-8-12-19(17)29-15-20(25)26/h5-12,21H,13-15H2,1-4H3,(H,24,27). The van der Waals surface area contributed by atoms with E-state index in [4.69, 9.17) is 9.47 Å². The van der Waals surface area contributed by atoms with Crippen molar-refractivity contribution in [2.45, 2.75) is 39.9 Å². The molecule has 3 rings (SSSR count). The van der Waals surface area contributed by atoms with E-state index in [1.165, 1.54) is 0 Å². The fourth-order valence-corrected chi connectivity index (χ4v) is 3.63. The molecule has 0 spiro atoms. The van der Waals surface area contributed by atoms with E-state index >= 15 is 0 Å². The molecule has 0 bridgehead atoms. The maximum absolute atomic E-state index is 13.2. The molecule has 1 unspecified atom stereocenters. The van der Waals surface area contributed by atoms with Gasteiger partial charge in [0.25, 0.3) is 5.91 Å². The van der Waals surface area contributed by atoms with Crippen LogP contribution in [-0.2, 0) is 22.7 Å². The lowest BCUT2D eigenvalue weighted by Crippen LogP contribution is -2.55. The highest BCUT2D eigenvalue weighted by Crippen LogP contribution is 2.35. The van der Waals surface area contributed by atoms with Crippen LogP contribution in [-0.4, -0.2) is 36.5 Å². The minimum absolute atomic E-state index is 0.112. The Labute approximate surface area is 171 Å². The van der Waals surface area contributed by atoms with Gasteiger partial charge in [-0.3, -0.25) is 9.59 Å². The van der Waals surface area contributed by atoms with Gasteiger partial charge >= 0.3 is 0 Å². The van der Waals surface area contributed by atoms with Gasteiger partial charge in [-0.15, -0.1) is 0 Å². The molecule has 6 nitrogen and oxygen atoms in total. The van der Waals surface area contributed by atoms with Crippen molar-refractivity contribution < 1.29 is 19.1 Å². The first-order valence-electron chi connectivity index (χ1n) is 9.71. The Morgan fingerprint density at radius 2 is 1.90 bits per heavy atom. The van der Waals surface area contributed by atoms with Crippen LogP contribution in [0.3, 0.4) is 0 Å². The molecular formula is C23H28N2O4. The van der Waals surface area contributed by atoms with Crippen LogP contribution in [0.25, 0.3) is 0 Å². The van der Waals surface area contributed by atoms with Crippen molar-refractivity contribution in [3.05, 3.63) is 59.7 Å². The average Bonchev–Trinajstić information content (AvgIpc) is 2.85. The first-order valence-corrected chi connectivity index (χ1v) is 9.71. The van der Waals surface area contributed by atoms with Gasteiger partial charge < -0.3 is 19.7 Å². The van der Waals surface area contributed by atoms with Crippen LogP contribution in [0.15, 0.2) is 48.5 Å². The Bertz CT molecular complexity index is 874. The van der Waals surface area contributed by atoms with Gasteiger partial charge in [-0.2, -0.15) is 0 Å². The van der Waals surface area contributed by atoms with Crippen molar-refractivity contribution >= 4 is 11.8 Å². The third-order valence-corrected chi connectivity index (χ3v) is 5.00. The first-order chi connectivity index (χ1) is 13.8. The molecule has 0 aromatic heterocycles. The number of carbonyl (C=O) groups is 2. The number of nitrogens with zero attached hydrogens (tertiary/aromatic N) is 1. The molecule has 0 aliphatic carbocycles. The molecule has 29 heavy (non-hydrogen) atoms. The summed E-state index contributed by atoms with van der Waals surface area (Å²) in [6.07, 6.45) is 0. The van der Waals surface area contributed by atoms with Crippen molar-refractivity contribution in [3.8, 4) is 11.5 Å². The van der Waals surface area contributed by atoms with Gasteiger partial charge in [0, 0.05) is 6.54 Å². The topological polar surface area (TPSA) is 67.9 Å². The van der Waals surface area contributed by atoms with Gasteiger partial charge in [0.05, 0.1) is 19.2 Å². The average molecular weight is 396 g/mol. The zero-order chi connectivity index (χ0) is 21.0. The van der Waals surface area contributed by atoms with Crippen molar-refractivity contribution in [3.63, 3.8) is 0 Å². The summed E-state index contributed by atoms with van der Waals surface area (Å²) in [5.74, 6) is 0.836. The van der Waals surface area contributed by atoms with Crippen LogP contribution in [0.4, 0.5) is 0 Å². The van der Waals surface area contributed by atoms with Crippen molar-refractivity contribution in [2.75, 3.05) is 13.7 Å². The first kappa shape index (κ1) is 20.7. The van der Waals surface area contributed by atoms with Gasteiger partial charge in [0.15, 0.2) is 6.61 Å². The second-order valence-corrected chi connectivity index (χ2v) is 8.22. The fraction of sp³-hybridized carbons (Fsp3) is 0.391. The smallest absolute Gasteiger partial charge is 0.261 e. The molecular weight excluding hydrogens is 368 g/mol. The number of benzene rings is 2. The molecule has 6 heteroatoms. The highest BCUT2D eigenvalue weighted by Gasteiger charge is 2.40. The number of fused-ring (bicyclic) bond motifs is 1. The summed E-state index contributed by atoms with van der Waals surface area (Å²) in [6, 6.07) is 14.5. The van der Waals surface area contributed by atoms with E-state index in [1.54, 1.807) is 12.0 Å². The van der Waals surface area contributed by atoms with E-state index in [2.05, 4.69) is 5.32 Å². The lowest BCUT2D eigenvalue weighted by Gasteiger charge is -2.38. The molecule has 2 aromatic carbocycles. The monoisotopic (exact) mass is 396 g/mol. The predicted molar refractivity (Wildman–Crippen MR) is 111 cm³/mol. The Hall–Kier alpha value is -3.02. The third-order valence-electron chi connectivity index (χ3n) is 5.00. The second kappa shape index (κ2) is 8.55. The molecule has 0 saturated carbocycles. The maximum atomic E-state index is 13.2. The molecule has 2 amide bonds. The predicted octanol–water partition coefficient (Wildman–Crippen LogP) is 3.15. The van der Waals surface area contributed by atoms with Gasteiger partial charge in [-0.1, -0.05) is 57.2 Å². The number of methoxy groups -OCH3 is 1. The van der Waals surface area contributed by atoms with Gasteiger partial charge in [-0.05, 0) is 23.1 Å². The van der Waals surface area contributed by atoms with E-state index in [1.807, 2.05) is 69.3 Å². The van der Waals surface area contributed by atoms with E-state index in [9.17, 15) is 9.59 Å². The minimum atomic E-state index is -0.654. The third kappa shape index (κ3) is 4.70. The number of amides is 2. The summed E-state index contributed by atoms with van der Waals surface area (Å²) < 4.78 is 11.2. The van der Waals surface area contributed by atoms with Crippen molar-refractivity contribution in [2.24, 2.45) is 5.41 Å². The van der Waals surface area contributed by atoms with Crippen LogP contribution in [0.5, 0.6) is 11.5 Å². The zero-order valence-corrected chi connectivity index (χ0v) is 17.4. The molecule has 0 fully saturated rings. The molecule has 1 aliphatic rings. The van der Waals surface area contributed by atoms with Crippen LogP contribution in [0.1, 0.15) is 31.9 Å². The van der Waals surface area contributed by atoms with Crippen LogP contribution in [0.2, 0.25) is 0 Å². The largest absolute Gasteiger partial charge is 0.496 e. The summed E-state index contributed by atoms with van der Waals surface area (Å²) in [7, 11) is 1.58. The molecule has 0 radical (unpaired) electrons. The van der Waals surface area contributed by atoms with Gasteiger partial charge in [0.2, 0.25) is 5.91 Å². The molecule has 0 saturated heterocycles. The maximum Gasteiger partial charge on any atom is 0.261 e. The van der Waals surface area contributed by atoms with Gasteiger partial charge in [0.1, 0.15) is 17.5 Å². The fourth-order valence-electron chi connectivity index (χ4n) is 3.63. The number of hydrogen-bond donors (Lipinski definition) is 1. The minimum Gasteiger partial charge on any atom is -0.496 e. The Balaban J connectivity index is 1.88. The highest BCUT2D eigenvalue weighted by molar-refractivity contribution is 5.89. The van der Waals surface area contributed by atoms with E-state index < -0.39 is 11.5 Å². The summed E-state index contributed by atoms with van der Waals surface area (Å²) in [5, 5.41) is 2.99. The lowest BCUT2D eigenvalue weighted by atomic mass is 9.84. The molecule has 1 atom stereocenters. The summed E-state index contributed by atoms with van der Waals surface area (Å²) >= 11 is 0. The Kier molecular flexibility index (Phi) is 6.11. The normalized spacial score (nSPS) is 15.0. The Morgan fingerprint density at radius 3 is 2.55 bits per heavy atom. The van der Waals surface area contributed by atoms with E-state index in [0.29, 0.717) is 18.0 Å². The molecule has 154 valence electrons. The molecule has 1 N–H and O–H groups in total. The summed E-state index contributed by atoms with van der Waals surface area (Å²) in [4.78, 5) is 27.7. The second-order valence-electron chi connectivity index (χ2n) is 8.22. The molecule has 1 heterocycles. The van der Waals surface area contributed by atoms with Crippen molar-refractivity contribution in [1.29, 1.82) is 0 Å². The number of nitrogens with one attached hydrogen (secondary N) is 1. The number of rotatable bonds is 5. The van der Waals surface area contributed by atoms with Crippen LogP contribution >= 0.6 is 0 Å². The molecule has 2 aromatic rings. The van der Waals surface area contributed by atoms with Crippen molar-refractivity contribution in [1.82, 2.24) is 10.2 Å². The SMILES string of the molecule is COc1cccc2c1CN(C(C(=O)NCc1ccccc1)C(C)(C)C)C(=O)CO2. The Morgan fingerprint density at radius 1 is 1.17 bits per heavy atom. The summed E-state index contributed by atoms with van der Waals surface area (Å²) in [6.45, 7) is 6.42. The quantitative estimate of drug-likeness (QED) is 0.843. The van der Waals surface area contributed by atoms with Gasteiger partial charge in [-0.25, -0.2) is 0 Å². The van der Waals surface area contributed by atoms with E-state index in [-0.39, 0.29) is 25.0 Å². The zero-order valence-electron chi connectivity index (χ0n) is 17.4. The summed E-state index contributed by atoms with van der Waals surface area (Å²) in [5.41, 5.74) is 1.31. The van der Waals surface area contributed by atoms with Crippen LogP contribution in [0, 0.1) is 5.41 Å². The number of carbonyl (C=O) groups excluding carboxylic acids is 2.